The molecule has 2 amide bonds. The van der Waals surface area contributed by atoms with E-state index in [0.717, 1.165) is 16.8 Å². The van der Waals surface area contributed by atoms with Crippen molar-refractivity contribution in [3.63, 3.8) is 0 Å². The van der Waals surface area contributed by atoms with Gasteiger partial charge < -0.3 is 15.1 Å². The number of anilines is 1. The van der Waals surface area contributed by atoms with Crippen molar-refractivity contribution in [3.8, 4) is 0 Å². The zero-order valence-electron chi connectivity index (χ0n) is 14.8. The van der Waals surface area contributed by atoms with Crippen LogP contribution in [-0.4, -0.2) is 55.3 Å². The van der Waals surface area contributed by atoms with Crippen LogP contribution in [0.1, 0.15) is 29.8 Å². The van der Waals surface area contributed by atoms with E-state index in [1.54, 1.807) is 31.1 Å². The molecule has 0 saturated heterocycles. The number of amides is 2. The first-order chi connectivity index (χ1) is 10.8. The summed E-state index contributed by atoms with van der Waals surface area (Å²) in [5, 5.41) is 3.14. The van der Waals surface area contributed by atoms with E-state index in [0.29, 0.717) is 18.7 Å². The lowest BCUT2D eigenvalue weighted by Crippen LogP contribution is -2.36. The Morgan fingerprint density at radius 2 is 1.91 bits per heavy atom. The summed E-state index contributed by atoms with van der Waals surface area (Å²) < 4.78 is 0. The summed E-state index contributed by atoms with van der Waals surface area (Å²) in [6.07, 6.45) is 0. The van der Waals surface area contributed by atoms with Crippen LogP contribution in [-0.2, 0) is 4.79 Å². The molecule has 1 rings (SSSR count). The lowest BCUT2D eigenvalue weighted by Gasteiger charge is -2.22. The zero-order chi connectivity index (χ0) is 17.6. The molecule has 5 heteroatoms. The van der Waals surface area contributed by atoms with Crippen LogP contribution in [0.3, 0.4) is 0 Å². The largest absolute Gasteiger partial charge is 0.376 e. The van der Waals surface area contributed by atoms with Crippen molar-refractivity contribution in [2.75, 3.05) is 39.0 Å². The van der Waals surface area contributed by atoms with E-state index in [2.05, 4.69) is 11.9 Å². The van der Waals surface area contributed by atoms with Gasteiger partial charge in [0.1, 0.15) is 0 Å². The Morgan fingerprint density at radius 1 is 1.26 bits per heavy atom. The molecule has 0 saturated carbocycles. The Morgan fingerprint density at radius 3 is 2.43 bits per heavy atom. The second-order valence-electron chi connectivity index (χ2n) is 5.95. The fourth-order valence-electron chi connectivity index (χ4n) is 2.19. The van der Waals surface area contributed by atoms with E-state index in [9.17, 15) is 9.59 Å². The Labute approximate surface area is 139 Å². The van der Waals surface area contributed by atoms with Gasteiger partial charge in [-0.2, -0.15) is 0 Å². The molecule has 23 heavy (non-hydrogen) atoms. The van der Waals surface area contributed by atoms with E-state index in [4.69, 9.17) is 0 Å². The molecule has 1 aromatic carbocycles. The van der Waals surface area contributed by atoms with Crippen molar-refractivity contribution in [1.29, 1.82) is 0 Å². The van der Waals surface area contributed by atoms with Crippen LogP contribution in [0.25, 0.3) is 0 Å². The van der Waals surface area contributed by atoms with E-state index in [-0.39, 0.29) is 18.4 Å². The second kappa shape index (κ2) is 8.36. The summed E-state index contributed by atoms with van der Waals surface area (Å²) in [5.74, 6) is -0.0453. The first-order valence-corrected chi connectivity index (χ1v) is 7.74. The molecule has 0 heterocycles. The number of hydrogen-bond acceptors (Lipinski definition) is 3. The molecule has 0 spiro atoms. The summed E-state index contributed by atoms with van der Waals surface area (Å²) in [6, 6.07) is 5.47. The standard InChI is InChI=1S/C18H27N3O2/c1-7-21(12-13(2)3)17(22)11-19-16-10-15(9-8-14(16)4)18(23)20(5)6/h8-10,19H,2,7,11-12H2,1,3-6H3. The molecule has 5 nitrogen and oxygen atoms in total. The molecule has 0 fully saturated rings. The minimum atomic E-state index is -0.0585. The average Bonchev–Trinajstić information content (AvgIpc) is 2.50. The van der Waals surface area contributed by atoms with E-state index < -0.39 is 0 Å². The molecule has 0 bridgehead atoms. The lowest BCUT2D eigenvalue weighted by molar-refractivity contribution is -0.128. The summed E-state index contributed by atoms with van der Waals surface area (Å²) in [4.78, 5) is 27.6. The fourth-order valence-corrected chi connectivity index (χ4v) is 2.19. The van der Waals surface area contributed by atoms with E-state index in [1.807, 2.05) is 26.8 Å². The van der Waals surface area contributed by atoms with E-state index in [1.165, 1.54) is 4.90 Å². The van der Waals surface area contributed by atoms with Crippen molar-refractivity contribution in [2.45, 2.75) is 20.8 Å². The third-order valence-corrected chi connectivity index (χ3v) is 3.52. The van der Waals surface area contributed by atoms with Crippen molar-refractivity contribution < 1.29 is 9.59 Å². The highest BCUT2D eigenvalue weighted by Crippen LogP contribution is 2.17. The number of rotatable bonds is 7. The van der Waals surface area contributed by atoms with Gasteiger partial charge in [-0.15, -0.1) is 0 Å². The van der Waals surface area contributed by atoms with E-state index >= 15 is 0 Å². The zero-order valence-corrected chi connectivity index (χ0v) is 14.8. The van der Waals surface area contributed by atoms with Gasteiger partial charge in [-0.25, -0.2) is 0 Å². The van der Waals surface area contributed by atoms with Gasteiger partial charge in [-0.3, -0.25) is 9.59 Å². The molecule has 1 N–H and O–H groups in total. The normalized spacial score (nSPS) is 10.1. The highest BCUT2D eigenvalue weighted by atomic mass is 16.2. The Bertz CT molecular complexity index is 594. The summed E-state index contributed by atoms with van der Waals surface area (Å²) in [5.41, 5.74) is 3.35. The van der Waals surface area contributed by atoms with Gasteiger partial charge >= 0.3 is 0 Å². The third-order valence-electron chi connectivity index (χ3n) is 3.52. The van der Waals surface area contributed by atoms with Crippen LogP contribution in [0.2, 0.25) is 0 Å². The highest BCUT2D eigenvalue weighted by molar-refractivity contribution is 5.95. The number of nitrogens with zero attached hydrogens (tertiary/aromatic N) is 2. The Kier molecular flexibility index (Phi) is 6.82. The fraction of sp³-hybridized carbons (Fsp3) is 0.444. The quantitative estimate of drug-likeness (QED) is 0.786. The maximum Gasteiger partial charge on any atom is 0.253 e. The van der Waals surface area contributed by atoms with Gasteiger partial charge in [0.05, 0.1) is 6.54 Å². The minimum absolute atomic E-state index is 0.0132. The second-order valence-corrected chi connectivity index (χ2v) is 5.95. The number of carbonyl (C=O) groups is 2. The SMILES string of the molecule is C=C(C)CN(CC)C(=O)CNc1cc(C(=O)N(C)C)ccc1C. The molecule has 0 aliphatic heterocycles. The Balaban J connectivity index is 2.80. The van der Waals surface area contributed by atoms with Crippen LogP contribution in [0.5, 0.6) is 0 Å². The number of benzene rings is 1. The predicted molar refractivity (Wildman–Crippen MR) is 94.8 cm³/mol. The molecule has 126 valence electrons. The number of aryl methyl sites for hydroxylation is 1. The Hall–Kier alpha value is -2.30. The average molecular weight is 317 g/mol. The van der Waals surface area contributed by atoms with Gasteiger partial charge in [-0.05, 0) is 38.5 Å². The van der Waals surface area contributed by atoms with Gasteiger partial charge in [0.25, 0.3) is 5.91 Å². The molecule has 0 radical (unpaired) electrons. The summed E-state index contributed by atoms with van der Waals surface area (Å²) >= 11 is 0. The molecule has 0 aromatic heterocycles. The maximum atomic E-state index is 12.3. The van der Waals surface area contributed by atoms with Gasteiger partial charge in [0.2, 0.25) is 5.91 Å². The monoisotopic (exact) mass is 317 g/mol. The molecule has 0 unspecified atom stereocenters. The van der Waals surface area contributed by atoms with Gasteiger partial charge in [0.15, 0.2) is 0 Å². The molecular formula is C18H27N3O2. The van der Waals surface area contributed by atoms with Crippen LogP contribution in [0, 0.1) is 6.92 Å². The number of likely N-dealkylation sites (N-methyl/N-ethyl adjacent to an activating group) is 1. The van der Waals surface area contributed by atoms with Crippen LogP contribution >= 0.6 is 0 Å². The maximum absolute atomic E-state index is 12.3. The summed E-state index contributed by atoms with van der Waals surface area (Å²) in [6.45, 7) is 11.1. The lowest BCUT2D eigenvalue weighted by atomic mass is 10.1. The van der Waals surface area contributed by atoms with Crippen molar-refractivity contribution in [1.82, 2.24) is 9.80 Å². The molecule has 1 aromatic rings. The molecule has 0 aliphatic carbocycles. The predicted octanol–water partition coefficient (Wildman–Crippen LogP) is 2.53. The molecule has 0 atom stereocenters. The van der Waals surface area contributed by atoms with Gasteiger partial charge in [0, 0.05) is 38.4 Å². The smallest absolute Gasteiger partial charge is 0.253 e. The van der Waals surface area contributed by atoms with Crippen molar-refractivity contribution >= 4 is 17.5 Å². The highest BCUT2D eigenvalue weighted by Gasteiger charge is 2.13. The van der Waals surface area contributed by atoms with Crippen LogP contribution < -0.4 is 5.32 Å². The summed E-state index contributed by atoms with van der Waals surface area (Å²) in [7, 11) is 3.44. The van der Waals surface area contributed by atoms with Crippen molar-refractivity contribution in [2.24, 2.45) is 0 Å². The van der Waals surface area contributed by atoms with Crippen LogP contribution in [0.4, 0.5) is 5.69 Å². The molecule has 0 aliphatic rings. The first-order valence-electron chi connectivity index (χ1n) is 7.74. The first kappa shape index (κ1) is 18.7. The third kappa shape index (κ3) is 5.43. The topological polar surface area (TPSA) is 52.7 Å². The number of nitrogens with one attached hydrogen (secondary N) is 1. The van der Waals surface area contributed by atoms with Crippen LogP contribution in [0.15, 0.2) is 30.4 Å². The minimum Gasteiger partial charge on any atom is -0.376 e. The molecular weight excluding hydrogens is 290 g/mol. The number of carbonyl (C=O) groups excluding carboxylic acids is 2. The number of hydrogen-bond donors (Lipinski definition) is 1. The van der Waals surface area contributed by atoms with Crippen molar-refractivity contribution in [3.05, 3.63) is 41.5 Å². The van der Waals surface area contributed by atoms with Gasteiger partial charge in [-0.1, -0.05) is 18.2 Å².